The van der Waals surface area contributed by atoms with Gasteiger partial charge >= 0.3 is 0 Å². The average molecular weight is 1110 g/mol. The van der Waals surface area contributed by atoms with Gasteiger partial charge in [-0.2, -0.15) is 0 Å². The van der Waals surface area contributed by atoms with Crippen molar-refractivity contribution in [2.45, 2.75) is 121 Å². The Bertz CT molecular complexity index is 3170. The van der Waals surface area contributed by atoms with E-state index in [1.807, 2.05) is 59.5 Å². The number of Topliss-reactive ketones (excluding diaryl/α,β-unsaturated/α-hetero) is 1. The number of aliphatic hydroxyl groups is 1. The third-order valence-corrected chi connectivity index (χ3v) is 17.8. The van der Waals surface area contributed by atoms with Crippen LogP contribution in [0.2, 0.25) is 0 Å². The van der Waals surface area contributed by atoms with Crippen LogP contribution in [0.3, 0.4) is 0 Å². The minimum Gasteiger partial charge on any atom is -0.493 e. The summed E-state index contributed by atoms with van der Waals surface area (Å²) in [5, 5.41) is 26.4. The molecule has 79 heavy (non-hydrogen) atoms. The monoisotopic (exact) mass is 1110 g/mol. The fraction of sp³-hybridized carbons (Fsp3) is 0.390. The summed E-state index contributed by atoms with van der Waals surface area (Å²) < 4.78 is 24.2. The van der Waals surface area contributed by atoms with Crippen molar-refractivity contribution in [1.29, 1.82) is 0 Å². The van der Waals surface area contributed by atoms with Crippen LogP contribution in [0.1, 0.15) is 103 Å². The van der Waals surface area contributed by atoms with E-state index in [0.29, 0.717) is 76.6 Å². The number of ether oxygens (including phenoxy) is 4. The highest BCUT2D eigenvalue weighted by Crippen LogP contribution is 2.44. The number of fused-ring (bicyclic) bond motifs is 8. The number of rotatable bonds is 22. The Morgan fingerprint density at radius 1 is 0.734 bits per heavy atom. The topological polar surface area (TPSA) is 226 Å². The van der Waals surface area contributed by atoms with Crippen molar-refractivity contribution in [3.8, 4) is 23.0 Å². The number of benzene rings is 5. The normalized spacial score (nSPS) is 17.6. The molecule has 0 saturated carbocycles. The molecule has 5 atom stereocenters. The Morgan fingerprint density at radius 3 is 1.96 bits per heavy atom. The molecule has 4 aliphatic heterocycles. The molecule has 0 saturated heterocycles. The van der Waals surface area contributed by atoms with Crippen molar-refractivity contribution < 1.29 is 52.8 Å². The minimum absolute atomic E-state index is 0.0197. The molecule has 0 spiro atoms. The van der Waals surface area contributed by atoms with E-state index in [0.717, 1.165) is 41.1 Å². The first-order valence-electron chi connectivity index (χ1n) is 26.4. The first kappa shape index (κ1) is 56.3. The fourth-order valence-electron chi connectivity index (χ4n) is 10.2. The van der Waals surface area contributed by atoms with Crippen molar-refractivity contribution in [1.82, 2.24) is 10.6 Å². The molecule has 5 aromatic rings. The quantitative estimate of drug-likeness (QED) is 0.0283. The Balaban J connectivity index is 0.906. The van der Waals surface area contributed by atoms with Crippen molar-refractivity contribution in [2.75, 3.05) is 52.3 Å². The maximum absolute atomic E-state index is 14.2. The number of ketones is 1. The Hall–Kier alpha value is -7.42. The lowest BCUT2D eigenvalue weighted by molar-refractivity contribution is -0.130. The number of nitrogens with one attached hydrogen (secondary N) is 5. The van der Waals surface area contributed by atoms with Gasteiger partial charge in [0.05, 0.1) is 48.8 Å². The molecule has 0 aromatic heterocycles. The Labute approximate surface area is 467 Å². The van der Waals surface area contributed by atoms with Crippen LogP contribution in [0.4, 0.5) is 28.4 Å². The van der Waals surface area contributed by atoms with E-state index in [1.165, 1.54) is 14.2 Å². The van der Waals surface area contributed by atoms with E-state index in [-0.39, 0.29) is 65.4 Å². The zero-order valence-electron chi connectivity index (χ0n) is 45.4. The molecule has 0 fully saturated rings. The number of carbonyl (C=O) groups excluding carboxylic acids is 6. The van der Waals surface area contributed by atoms with Crippen LogP contribution in [-0.2, 0) is 45.2 Å². The summed E-state index contributed by atoms with van der Waals surface area (Å²) in [5.41, 5.74) is 6.98. The fourth-order valence-corrected chi connectivity index (χ4v) is 12.9. The first-order valence-corrected chi connectivity index (χ1v) is 28.8. The van der Waals surface area contributed by atoms with Gasteiger partial charge < -0.3 is 65.2 Å². The number of hydrogen-bond acceptors (Lipinski definition) is 15. The number of hydrogen-bond donors (Lipinski definition) is 6. The summed E-state index contributed by atoms with van der Waals surface area (Å²) in [4.78, 5) is 83.3. The van der Waals surface area contributed by atoms with Crippen LogP contribution in [0.5, 0.6) is 23.0 Å². The van der Waals surface area contributed by atoms with E-state index in [4.69, 9.17) is 18.9 Å². The minimum atomic E-state index is -1.09. The van der Waals surface area contributed by atoms with E-state index in [2.05, 4.69) is 40.4 Å². The smallest absolute Gasteiger partial charge is 0.260 e. The molecule has 4 aliphatic rings. The number of methoxy groups -OCH3 is 2. The highest BCUT2D eigenvalue weighted by Gasteiger charge is 2.43. The van der Waals surface area contributed by atoms with E-state index < -0.39 is 36.2 Å². The van der Waals surface area contributed by atoms with Gasteiger partial charge in [0.25, 0.3) is 11.8 Å². The molecular formula is C59H67N7O11S2. The lowest BCUT2D eigenvalue weighted by Gasteiger charge is -2.26. The SMILES string of the molecule is COc1cc2c(cc1OCc1cc(COc3cc4c(cc3OC)C(=O)N3c5ccccc5C[C@H]3C(O)N4)cc(NC(=O)[C@@H](C)NC(=O)[C@H](C)NC(=O)CCC(C)(C)SSCCCC(C)=O)c1)NC[C@@H]1Cc3ccccc3N1C2=O. The van der Waals surface area contributed by atoms with Crippen LogP contribution in [0.15, 0.2) is 91.0 Å². The van der Waals surface area contributed by atoms with Gasteiger partial charge in [-0.15, -0.1) is 0 Å². The highest BCUT2D eigenvalue weighted by atomic mass is 33.1. The van der Waals surface area contributed by atoms with Crippen LogP contribution in [0.25, 0.3) is 0 Å². The molecule has 4 heterocycles. The van der Waals surface area contributed by atoms with Crippen LogP contribution in [0, 0.1) is 0 Å². The predicted molar refractivity (Wildman–Crippen MR) is 308 cm³/mol. The van der Waals surface area contributed by atoms with Gasteiger partial charge in [-0.1, -0.05) is 58.0 Å². The molecule has 0 bridgehead atoms. The second-order valence-electron chi connectivity index (χ2n) is 20.9. The zero-order valence-corrected chi connectivity index (χ0v) is 47.0. The number of amides is 5. The molecule has 18 nitrogen and oxygen atoms in total. The molecule has 6 N–H and O–H groups in total. The van der Waals surface area contributed by atoms with Crippen molar-refractivity contribution in [2.24, 2.45) is 0 Å². The molecular weight excluding hydrogens is 1050 g/mol. The van der Waals surface area contributed by atoms with Gasteiger partial charge in [0.1, 0.15) is 37.3 Å². The first-order chi connectivity index (χ1) is 37.9. The number of aliphatic hydroxyl groups excluding tert-OH is 1. The van der Waals surface area contributed by atoms with E-state index in [9.17, 15) is 33.9 Å². The highest BCUT2D eigenvalue weighted by molar-refractivity contribution is 8.77. The second kappa shape index (κ2) is 24.3. The zero-order chi connectivity index (χ0) is 56.1. The summed E-state index contributed by atoms with van der Waals surface area (Å²) in [5.74, 6) is 0.464. The molecule has 1 unspecified atom stereocenters. The van der Waals surface area contributed by atoms with Gasteiger partial charge in [0.2, 0.25) is 17.7 Å². The number of para-hydroxylation sites is 2. The molecule has 0 radical (unpaired) electrons. The summed E-state index contributed by atoms with van der Waals surface area (Å²) in [6.07, 6.45) is 2.23. The second-order valence-corrected chi connectivity index (χ2v) is 24.0. The molecule has 5 amide bonds. The summed E-state index contributed by atoms with van der Waals surface area (Å²) >= 11 is 0. The standard InChI is InChI=1S/C59H67N7O11S2/c1-33(67)13-12-20-78-79-59(4,5)19-18-53(68)61-34(2)54(69)62-35(3)55(70)63-40-22-36(31-76-51-28-44-42(26-49(51)74-6)57(72)65-41(30-60-44)24-38-14-8-10-16-46(38)65)21-37(23-40)32-77-52-29-45-43(27-50(52)75-7)58(73)66-47-17-11-9-15-39(47)25-48(66)56(71)64-45/h8-11,14-17,21-23,26-29,34-35,41,48,56,60,64,71H,12-13,18-20,24-25,30-32H2,1-7H3,(H,61,68)(H,62,69)(H,63,70)/t34-,35+,41-,48-,56?/m0/s1. The maximum Gasteiger partial charge on any atom is 0.260 e. The molecule has 20 heteroatoms. The van der Waals surface area contributed by atoms with Gasteiger partial charge in [-0.25, -0.2) is 0 Å². The maximum atomic E-state index is 14.2. The Morgan fingerprint density at radius 2 is 1.32 bits per heavy atom. The number of carbonyl (C=O) groups is 6. The van der Waals surface area contributed by atoms with Gasteiger partial charge in [0, 0.05) is 59.1 Å². The van der Waals surface area contributed by atoms with Crippen LogP contribution >= 0.6 is 21.6 Å². The molecule has 5 aromatic carbocycles. The van der Waals surface area contributed by atoms with Crippen LogP contribution in [-0.4, -0.2) is 102 Å². The summed E-state index contributed by atoms with van der Waals surface area (Å²) in [6, 6.07) is 24.9. The number of anilines is 5. The van der Waals surface area contributed by atoms with Gasteiger partial charge in [-0.05, 0) is 125 Å². The summed E-state index contributed by atoms with van der Waals surface area (Å²) in [6.45, 7) is 9.24. The lowest BCUT2D eigenvalue weighted by Crippen LogP contribution is -2.50. The lowest BCUT2D eigenvalue weighted by atomic mass is 10.1. The van der Waals surface area contributed by atoms with E-state index in [1.54, 1.807) is 83.7 Å². The molecule has 416 valence electrons. The third kappa shape index (κ3) is 12.9. The number of nitrogens with zero attached hydrogens (tertiary/aromatic N) is 2. The summed E-state index contributed by atoms with van der Waals surface area (Å²) in [7, 11) is 6.33. The molecule has 9 rings (SSSR count). The average Bonchev–Trinajstić information content (AvgIpc) is 4.21. The van der Waals surface area contributed by atoms with Crippen molar-refractivity contribution in [3.63, 3.8) is 0 Å². The largest absolute Gasteiger partial charge is 0.493 e. The van der Waals surface area contributed by atoms with Crippen LogP contribution < -0.4 is 55.3 Å². The molecule has 0 aliphatic carbocycles. The predicted octanol–water partition coefficient (Wildman–Crippen LogP) is 8.43. The van der Waals surface area contributed by atoms with Crippen molar-refractivity contribution in [3.05, 3.63) is 124 Å². The van der Waals surface area contributed by atoms with E-state index >= 15 is 0 Å². The van der Waals surface area contributed by atoms with Crippen molar-refractivity contribution >= 4 is 85.3 Å². The van der Waals surface area contributed by atoms with Gasteiger partial charge in [0.15, 0.2) is 23.0 Å². The third-order valence-electron chi connectivity index (χ3n) is 14.4. The van der Waals surface area contributed by atoms with Gasteiger partial charge in [-0.3, -0.25) is 24.0 Å². The Kier molecular flexibility index (Phi) is 17.3.